The van der Waals surface area contributed by atoms with E-state index in [1.54, 1.807) is 4.90 Å². The monoisotopic (exact) mass is 266 g/mol. The minimum Gasteiger partial charge on any atom is -0.376 e. The summed E-state index contributed by atoms with van der Waals surface area (Å²) < 4.78 is 5.69. The van der Waals surface area contributed by atoms with Gasteiger partial charge >= 0.3 is 0 Å². The highest BCUT2D eigenvalue weighted by molar-refractivity contribution is 5.97. The van der Waals surface area contributed by atoms with Crippen LogP contribution in [0.3, 0.4) is 0 Å². The van der Waals surface area contributed by atoms with E-state index in [2.05, 4.69) is 5.32 Å². The lowest BCUT2D eigenvalue weighted by Crippen LogP contribution is -2.66. The highest BCUT2D eigenvalue weighted by Crippen LogP contribution is 2.36. The Balaban J connectivity index is 1.79. The molecule has 1 N–H and O–H groups in total. The van der Waals surface area contributed by atoms with Crippen LogP contribution >= 0.6 is 0 Å². The third-order valence-electron chi connectivity index (χ3n) is 4.65. The van der Waals surface area contributed by atoms with Crippen LogP contribution in [0, 0.1) is 5.92 Å². The van der Waals surface area contributed by atoms with Crippen molar-refractivity contribution in [1.82, 2.24) is 10.2 Å². The number of piperazine rings is 1. The number of hydrogen-bond acceptors (Lipinski definition) is 3. The molecule has 2 amide bonds. The molecule has 19 heavy (non-hydrogen) atoms. The number of carbonyl (C=O) groups excluding carboxylic acids is 2. The van der Waals surface area contributed by atoms with E-state index in [1.165, 1.54) is 0 Å². The molecular weight excluding hydrogens is 244 g/mol. The molecule has 106 valence electrons. The summed E-state index contributed by atoms with van der Waals surface area (Å²) in [7, 11) is 0. The lowest BCUT2D eigenvalue weighted by atomic mass is 9.99. The van der Waals surface area contributed by atoms with Crippen molar-refractivity contribution in [3.05, 3.63) is 0 Å². The molecule has 0 aromatic carbocycles. The van der Waals surface area contributed by atoms with E-state index in [0.29, 0.717) is 5.92 Å². The summed E-state index contributed by atoms with van der Waals surface area (Å²) >= 11 is 0. The first kappa shape index (κ1) is 12.9. The average molecular weight is 266 g/mol. The van der Waals surface area contributed by atoms with Gasteiger partial charge in [-0.15, -0.1) is 0 Å². The highest BCUT2D eigenvalue weighted by atomic mass is 16.5. The predicted molar refractivity (Wildman–Crippen MR) is 69.4 cm³/mol. The molecule has 0 spiro atoms. The molecule has 0 radical (unpaired) electrons. The first-order valence-electron chi connectivity index (χ1n) is 7.33. The smallest absolute Gasteiger partial charge is 0.246 e. The lowest BCUT2D eigenvalue weighted by Gasteiger charge is -2.42. The molecule has 1 aliphatic carbocycles. The second-order valence-corrected chi connectivity index (χ2v) is 6.04. The van der Waals surface area contributed by atoms with Gasteiger partial charge in [0.2, 0.25) is 11.8 Å². The Morgan fingerprint density at radius 1 is 1.32 bits per heavy atom. The number of ether oxygens (including phenoxy) is 1. The van der Waals surface area contributed by atoms with Crippen LogP contribution < -0.4 is 5.32 Å². The fourth-order valence-corrected chi connectivity index (χ4v) is 3.28. The van der Waals surface area contributed by atoms with Crippen molar-refractivity contribution in [2.75, 3.05) is 6.61 Å². The molecule has 0 aromatic heterocycles. The Morgan fingerprint density at radius 2 is 2.05 bits per heavy atom. The largest absolute Gasteiger partial charge is 0.376 e. The molecule has 1 saturated carbocycles. The molecule has 4 unspecified atom stereocenters. The SMILES string of the molecule is CC1C(=O)NC(C2CC2)C(=O)N1C(C)C1CCCO1. The molecule has 0 bridgehead atoms. The second-order valence-electron chi connectivity index (χ2n) is 6.04. The first-order chi connectivity index (χ1) is 9.09. The van der Waals surface area contributed by atoms with Crippen molar-refractivity contribution in [3.8, 4) is 0 Å². The lowest BCUT2D eigenvalue weighted by molar-refractivity contribution is -0.154. The van der Waals surface area contributed by atoms with Gasteiger partial charge in [0.25, 0.3) is 0 Å². The topological polar surface area (TPSA) is 58.6 Å². The maximum Gasteiger partial charge on any atom is 0.246 e. The van der Waals surface area contributed by atoms with Crippen molar-refractivity contribution < 1.29 is 14.3 Å². The number of nitrogens with one attached hydrogen (secondary N) is 1. The summed E-state index contributed by atoms with van der Waals surface area (Å²) in [5.74, 6) is 0.405. The van der Waals surface area contributed by atoms with Crippen molar-refractivity contribution >= 4 is 11.8 Å². The molecule has 3 aliphatic rings. The second kappa shape index (κ2) is 4.78. The average Bonchev–Trinajstić information content (AvgIpc) is 3.07. The minimum absolute atomic E-state index is 0.0164. The third-order valence-corrected chi connectivity index (χ3v) is 4.65. The van der Waals surface area contributed by atoms with Crippen molar-refractivity contribution in [3.63, 3.8) is 0 Å². The summed E-state index contributed by atoms with van der Waals surface area (Å²) in [6.07, 6.45) is 4.20. The van der Waals surface area contributed by atoms with Gasteiger partial charge in [0.05, 0.1) is 12.1 Å². The maximum atomic E-state index is 12.6. The van der Waals surface area contributed by atoms with Gasteiger partial charge in [0, 0.05) is 6.61 Å². The van der Waals surface area contributed by atoms with Gasteiger partial charge < -0.3 is 15.0 Å². The van der Waals surface area contributed by atoms with Crippen LogP contribution in [0.1, 0.15) is 39.5 Å². The third kappa shape index (κ3) is 2.24. The van der Waals surface area contributed by atoms with E-state index in [9.17, 15) is 9.59 Å². The van der Waals surface area contributed by atoms with Gasteiger partial charge in [-0.1, -0.05) is 0 Å². The van der Waals surface area contributed by atoms with Crippen LogP contribution in [0.4, 0.5) is 0 Å². The maximum absolute atomic E-state index is 12.6. The van der Waals surface area contributed by atoms with Crippen molar-refractivity contribution in [2.24, 2.45) is 5.92 Å². The first-order valence-corrected chi connectivity index (χ1v) is 7.33. The van der Waals surface area contributed by atoms with E-state index < -0.39 is 0 Å². The van der Waals surface area contributed by atoms with Crippen LogP contribution in [-0.4, -0.2) is 47.6 Å². The molecule has 4 atom stereocenters. The Kier molecular flexibility index (Phi) is 3.25. The Labute approximate surface area is 113 Å². The van der Waals surface area contributed by atoms with Crippen LogP contribution in [0.5, 0.6) is 0 Å². The van der Waals surface area contributed by atoms with Crippen LogP contribution in [-0.2, 0) is 14.3 Å². The van der Waals surface area contributed by atoms with Gasteiger partial charge in [-0.3, -0.25) is 9.59 Å². The van der Waals surface area contributed by atoms with Gasteiger partial charge in [0.15, 0.2) is 0 Å². The fourth-order valence-electron chi connectivity index (χ4n) is 3.28. The number of amides is 2. The molecule has 3 rings (SSSR count). The summed E-state index contributed by atoms with van der Waals surface area (Å²) in [5, 5.41) is 2.88. The quantitative estimate of drug-likeness (QED) is 0.817. The van der Waals surface area contributed by atoms with Gasteiger partial charge in [-0.2, -0.15) is 0 Å². The van der Waals surface area contributed by atoms with E-state index in [-0.39, 0.29) is 36.0 Å². The highest BCUT2D eigenvalue weighted by Gasteiger charge is 2.48. The standard InChI is InChI=1S/C14H22N2O3/c1-8(11-4-3-7-19-11)16-9(2)13(17)15-12(14(16)18)10-5-6-10/h8-12H,3-7H2,1-2H3,(H,15,17). The zero-order valence-corrected chi connectivity index (χ0v) is 11.6. The minimum atomic E-state index is -0.387. The van der Waals surface area contributed by atoms with Crippen LogP contribution in [0.15, 0.2) is 0 Å². The normalized spacial score (nSPS) is 37.4. The van der Waals surface area contributed by atoms with Crippen LogP contribution in [0.2, 0.25) is 0 Å². The van der Waals surface area contributed by atoms with Crippen LogP contribution in [0.25, 0.3) is 0 Å². The van der Waals surface area contributed by atoms with Gasteiger partial charge in [0.1, 0.15) is 12.1 Å². The zero-order chi connectivity index (χ0) is 13.6. The van der Waals surface area contributed by atoms with E-state index in [1.807, 2.05) is 13.8 Å². The fraction of sp³-hybridized carbons (Fsp3) is 0.857. The molecular formula is C14H22N2O3. The summed E-state index contributed by atoms with van der Waals surface area (Å²) in [4.78, 5) is 26.4. The zero-order valence-electron chi connectivity index (χ0n) is 11.6. The molecule has 5 heteroatoms. The number of hydrogen-bond donors (Lipinski definition) is 1. The summed E-state index contributed by atoms with van der Waals surface area (Å²) in [5.41, 5.74) is 0. The Bertz CT molecular complexity index is 388. The number of carbonyl (C=O) groups is 2. The van der Waals surface area contributed by atoms with E-state index in [0.717, 1.165) is 32.3 Å². The molecule has 2 saturated heterocycles. The predicted octanol–water partition coefficient (Wildman–Crippen LogP) is 0.679. The van der Waals surface area contributed by atoms with Gasteiger partial charge in [-0.25, -0.2) is 0 Å². The van der Waals surface area contributed by atoms with Crippen molar-refractivity contribution in [1.29, 1.82) is 0 Å². The number of rotatable bonds is 3. The van der Waals surface area contributed by atoms with Gasteiger partial charge in [-0.05, 0) is 45.4 Å². The molecule has 3 fully saturated rings. The Hall–Kier alpha value is -1.10. The Morgan fingerprint density at radius 3 is 2.63 bits per heavy atom. The van der Waals surface area contributed by atoms with Crippen molar-refractivity contribution in [2.45, 2.75) is 63.8 Å². The molecule has 2 heterocycles. The summed E-state index contributed by atoms with van der Waals surface area (Å²) in [6.45, 7) is 4.58. The summed E-state index contributed by atoms with van der Waals surface area (Å²) in [6, 6.07) is -0.702. The molecule has 0 aromatic rings. The van der Waals surface area contributed by atoms with E-state index >= 15 is 0 Å². The molecule has 5 nitrogen and oxygen atoms in total. The van der Waals surface area contributed by atoms with E-state index in [4.69, 9.17) is 4.74 Å². The number of nitrogens with zero attached hydrogens (tertiary/aromatic N) is 1. The molecule has 2 aliphatic heterocycles.